The number of hydrogen-bond donors (Lipinski definition) is 3. The van der Waals surface area contributed by atoms with Gasteiger partial charge >= 0.3 is 6.09 Å². The number of halogens is 1. The summed E-state index contributed by atoms with van der Waals surface area (Å²) in [6.45, 7) is 6.54. The molecular formula is C30H33FN4O3. The maximum Gasteiger partial charge on any atom is 0.407 e. The molecule has 0 saturated carbocycles. The highest BCUT2D eigenvalue weighted by atomic mass is 19.1. The van der Waals surface area contributed by atoms with Gasteiger partial charge in [0.15, 0.2) is 5.88 Å². The Kier molecular flexibility index (Phi) is 7.83. The number of fused-ring (bicyclic) bond motifs is 1. The zero-order valence-corrected chi connectivity index (χ0v) is 22.3. The van der Waals surface area contributed by atoms with Gasteiger partial charge in [-0.05, 0) is 76.3 Å². The first-order valence-electron chi connectivity index (χ1n) is 12.4. The number of aliphatic imine (C=N–C) groups is 1. The Hall–Kier alpha value is -4.17. The number of H-pyrrole nitrogens is 1. The minimum Gasteiger partial charge on any atom is -0.494 e. The van der Waals surface area contributed by atoms with E-state index in [4.69, 9.17) is 9.73 Å². The van der Waals surface area contributed by atoms with Gasteiger partial charge in [0.2, 0.25) is 0 Å². The van der Waals surface area contributed by atoms with Crippen LogP contribution in [-0.2, 0) is 17.8 Å². The van der Waals surface area contributed by atoms with E-state index in [0.29, 0.717) is 34.4 Å². The van der Waals surface area contributed by atoms with E-state index in [0.717, 1.165) is 23.2 Å². The molecule has 3 N–H and O–H groups in total. The van der Waals surface area contributed by atoms with Crippen LogP contribution < -0.4 is 5.32 Å². The van der Waals surface area contributed by atoms with Gasteiger partial charge in [-0.25, -0.2) is 14.2 Å². The van der Waals surface area contributed by atoms with Gasteiger partial charge in [-0.15, -0.1) is 0 Å². The van der Waals surface area contributed by atoms with Crippen molar-refractivity contribution in [1.82, 2.24) is 15.2 Å². The molecule has 198 valence electrons. The van der Waals surface area contributed by atoms with Crippen LogP contribution in [0.1, 0.15) is 43.0 Å². The van der Waals surface area contributed by atoms with E-state index < -0.39 is 17.5 Å². The van der Waals surface area contributed by atoms with Gasteiger partial charge in [-0.1, -0.05) is 36.4 Å². The Morgan fingerprint density at radius 3 is 2.32 bits per heavy atom. The Labute approximate surface area is 222 Å². The Bertz CT molecular complexity index is 1450. The number of aromatic nitrogens is 1. The number of carbonyl (C=O) groups is 1. The highest BCUT2D eigenvalue weighted by Crippen LogP contribution is 2.32. The summed E-state index contributed by atoms with van der Waals surface area (Å²) >= 11 is 0. The summed E-state index contributed by atoms with van der Waals surface area (Å²) in [7, 11) is 4.03. The average molecular weight is 517 g/mol. The predicted molar refractivity (Wildman–Crippen MR) is 149 cm³/mol. The van der Waals surface area contributed by atoms with Crippen molar-refractivity contribution in [2.45, 2.75) is 39.5 Å². The van der Waals surface area contributed by atoms with Gasteiger partial charge in [0, 0.05) is 24.0 Å². The molecular weight excluding hydrogens is 483 g/mol. The number of benzene rings is 3. The number of rotatable bonds is 7. The summed E-state index contributed by atoms with van der Waals surface area (Å²) in [6, 6.07) is 19.8. The van der Waals surface area contributed by atoms with Crippen LogP contribution in [0, 0.1) is 5.82 Å². The van der Waals surface area contributed by atoms with E-state index in [1.165, 1.54) is 12.1 Å². The van der Waals surface area contributed by atoms with E-state index in [1.807, 2.05) is 83.4 Å². The van der Waals surface area contributed by atoms with Gasteiger partial charge in [-0.2, -0.15) is 0 Å². The molecule has 0 atom stereocenters. The minimum absolute atomic E-state index is 0.0933. The molecule has 1 aromatic heterocycles. The van der Waals surface area contributed by atoms with E-state index in [1.54, 1.807) is 6.07 Å². The van der Waals surface area contributed by atoms with Crippen molar-refractivity contribution < 1.29 is 19.0 Å². The minimum atomic E-state index is -0.575. The van der Waals surface area contributed by atoms with Crippen LogP contribution in [0.3, 0.4) is 0 Å². The normalized spacial score (nSPS) is 12.2. The van der Waals surface area contributed by atoms with Crippen molar-refractivity contribution in [2.75, 3.05) is 14.1 Å². The fourth-order valence-electron chi connectivity index (χ4n) is 4.10. The number of aromatic hydroxyl groups is 1. The second-order valence-corrected chi connectivity index (χ2v) is 10.5. The summed E-state index contributed by atoms with van der Waals surface area (Å²) < 4.78 is 19.2. The smallest absolute Gasteiger partial charge is 0.407 e. The number of nitrogens with one attached hydrogen (secondary N) is 2. The second kappa shape index (κ2) is 11.1. The Morgan fingerprint density at radius 1 is 1.03 bits per heavy atom. The molecule has 0 fully saturated rings. The molecule has 7 nitrogen and oxygen atoms in total. The molecule has 3 aromatic carbocycles. The quantitative estimate of drug-likeness (QED) is 0.253. The summed E-state index contributed by atoms with van der Waals surface area (Å²) in [5.74, 6) is -0.494. The van der Waals surface area contributed by atoms with Gasteiger partial charge in [0.25, 0.3) is 0 Å². The predicted octanol–water partition coefficient (Wildman–Crippen LogP) is 6.27. The summed E-state index contributed by atoms with van der Waals surface area (Å²) in [5.41, 5.74) is 4.42. The SMILES string of the molecule is CN(C)Cc1ccc(N=C(c2ccc(CNC(=O)OC(C)(C)C)cc2)c2c(O)[nH]c3cc(F)ccc23)cc1. The van der Waals surface area contributed by atoms with Gasteiger partial charge in [0.1, 0.15) is 11.4 Å². The van der Waals surface area contributed by atoms with Crippen molar-refractivity contribution in [3.8, 4) is 5.88 Å². The van der Waals surface area contributed by atoms with Crippen molar-refractivity contribution in [3.05, 3.63) is 94.8 Å². The van der Waals surface area contributed by atoms with Crippen molar-refractivity contribution in [1.29, 1.82) is 0 Å². The molecule has 1 amide bonds. The standard InChI is InChI=1S/C30H33FN4O3/c1-30(2,3)38-29(37)32-17-19-6-10-21(11-7-19)27(33-23-13-8-20(9-14-23)18-35(4)5)26-24-15-12-22(31)16-25(24)34-28(26)36/h6-16,34,36H,17-18H2,1-5H3,(H,32,37). The first-order chi connectivity index (χ1) is 18.0. The molecule has 38 heavy (non-hydrogen) atoms. The third kappa shape index (κ3) is 6.77. The summed E-state index contributed by atoms with van der Waals surface area (Å²) in [6.07, 6.45) is -0.488. The zero-order chi connectivity index (χ0) is 27.4. The van der Waals surface area contributed by atoms with Gasteiger partial charge in [-0.3, -0.25) is 0 Å². The molecule has 8 heteroatoms. The molecule has 0 aliphatic heterocycles. The summed E-state index contributed by atoms with van der Waals surface area (Å²) in [5, 5.41) is 14.3. The molecule has 4 aromatic rings. The Morgan fingerprint density at radius 2 is 1.68 bits per heavy atom. The lowest BCUT2D eigenvalue weighted by Crippen LogP contribution is -2.32. The van der Waals surface area contributed by atoms with Crippen LogP contribution in [0.15, 0.2) is 71.7 Å². The lowest BCUT2D eigenvalue weighted by atomic mass is 9.99. The third-order valence-electron chi connectivity index (χ3n) is 5.72. The van der Waals surface area contributed by atoms with Crippen molar-refractivity contribution >= 4 is 28.4 Å². The lowest BCUT2D eigenvalue weighted by molar-refractivity contribution is 0.0523. The molecule has 0 aliphatic carbocycles. The van der Waals surface area contributed by atoms with Crippen LogP contribution in [-0.4, -0.2) is 46.5 Å². The van der Waals surface area contributed by atoms with Crippen LogP contribution in [0.25, 0.3) is 10.9 Å². The maximum absolute atomic E-state index is 13.9. The molecule has 0 aliphatic rings. The third-order valence-corrected chi connectivity index (χ3v) is 5.72. The van der Waals surface area contributed by atoms with E-state index in [9.17, 15) is 14.3 Å². The monoisotopic (exact) mass is 516 g/mol. The highest BCUT2D eigenvalue weighted by Gasteiger charge is 2.20. The highest BCUT2D eigenvalue weighted by molar-refractivity contribution is 6.21. The molecule has 1 heterocycles. The van der Waals surface area contributed by atoms with Crippen LogP contribution in [0.5, 0.6) is 5.88 Å². The number of hydrogen-bond acceptors (Lipinski definition) is 5. The molecule has 4 rings (SSSR count). The number of nitrogens with zero attached hydrogens (tertiary/aromatic N) is 2. The second-order valence-electron chi connectivity index (χ2n) is 10.5. The number of carbonyl (C=O) groups excluding carboxylic acids is 1. The number of ether oxygens (including phenoxy) is 1. The summed E-state index contributed by atoms with van der Waals surface area (Å²) in [4.78, 5) is 21.9. The fourth-order valence-corrected chi connectivity index (χ4v) is 4.10. The van der Waals surface area contributed by atoms with Crippen molar-refractivity contribution in [2.24, 2.45) is 4.99 Å². The fraction of sp³-hybridized carbons (Fsp3) is 0.267. The van der Waals surface area contributed by atoms with Crippen molar-refractivity contribution in [3.63, 3.8) is 0 Å². The van der Waals surface area contributed by atoms with Gasteiger partial charge in [0.05, 0.1) is 22.5 Å². The topological polar surface area (TPSA) is 90.0 Å². The maximum atomic E-state index is 13.9. The Balaban J connectivity index is 1.69. The molecule has 0 unspecified atom stereocenters. The zero-order valence-electron chi connectivity index (χ0n) is 22.3. The number of amides is 1. The largest absolute Gasteiger partial charge is 0.494 e. The van der Waals surface area contributed by atoms with Crippen LogP contribution in [0.2, 0.25) is 0 Å². The number of aromatic amines is 1. The lowest BCUT2D eigenvalue weighted by Gasteiger charge is -2.19. The first kappa shape index (κ1) is 26.9. The van der Waals surface area contributed by atoms with E-state index in [-0.39, 0.29) is 5.88 Å². The van der Waals surface area contributed by atoms with Crippen LogP contribution >= 0.6 is 0 Å². The number of alkyl carbamates (subject to hydrolysis) is 1. The van der Waals surface area contributed by atoms with E-state index >= 15 is 0 Å². The van der Waals surface area contributed by atoms with Gasteiger partial charge < -0.3 is 25.0 Å². The van der Waals surface area contributed by atoms with E-state index in [2.05, 4.69) is 15.2 Å². The average Bonchev–Trinajstić information content (AvgIpc) is 3.15. The first-order valence-corrected chi connectivity index (χ1v) is 12.4. The molecule has 0 radical (unpaired) electrons. The molecule has 0 spiro atoms. The molecule has 0 bridgehead atoms. The molecule has 0 saturated heterocycles. The van der Waals surface area contributed by atoms with Crippen LogP contribution in [0.4, 0.5) is 14.9 Å².